The van der Waals surface area contributed by atoms with Crippen LogP contribution in [0.25, 0.3) is 0 Å². The van der Waals surface area contributed by atoms with E-state index in [1.54, 1.807) is 31.3 Å². The molecular weight excluding hydrogens is 220 g/mol. The standard InChI is InChI=1S/C12H18N2O3/c1-14(7-11(15)8-17-2)12(16)9-4-3-5-10(13)6-9/h3-6,11,15H,7-8,13H2,1-2H3. The number of benzene rings is 1. The predicted molar refractivity (Wildman–Crippen MR) is 65.7 cm³/mol. The Balaban J connectivity index is 2.63. The molecule has 3 N–H and O–H groups in total. The lowest BCUT2D eigenvalue weighted by atomic mass is 10.2. The van der Waals surface area contributed by atoms with Gasteiger partial charge < -0.3 is 20.5 Å². The third-order valence-electron chi connectivity index (χ3n) is 2.32. The summed E-state index contributed by atoms with van der Waals surface area (Å²) in [6.45, 7) is 0.427. The number of methoxy groups -OCH3 is 1. The molecule has 1 aromatic rings. The van der Waals surface area contributed by atoms with Crippen LogP contribution in [0.2, 0.25) is 0 Å². The van der Waals surface area contributed by atoms with Gasteiger partial charge in [0, 0.05) is 32.0 Å². The van der Waals surface area contributed by atoms with E-state index in [0.717, 1.165) is 0 Å². The molecule has 5 nitrogen and oxygen atoms in total. The van der Waals surface area contributed by atoms with Gasteiger partial charge in [0.15, 0.2) is 0 Å². The number of nitrogens with zero attached hydrogens (tertiary/aromatic N) is 1. The summed E-state index contributed by atoms with van der Waals surface area (Å²) in [4.78, 5) is 13.4. The van der Waals surface area contributed by atoms with E-state index in [1.165, 1.54) is 12.0 Å². The van der Waals surface area contributed by atoms with Crippen LogP contribution in [-0.4, -0.2) is 49.3 Å². The molecule has 0 aromatic heterocycles. The molecule has 1 aromatic carbocycles. The van der Waals surface area contributed by atoms with E-state index in [4.69, 9.17) is 10.5 Å². The van der Waals surface area contributed by atoms with Gasteiger partial charge in [-0.2, -0.15) is 0 Å². The molecule has 0 saturated heterocycles. The molecule has 0 spiro atoms. The van der Waals surface area contributed by atoms with Crippen molar-refractivity contribution in [2.75, 3.05) is 33.0 Å². The molecule has 0 aliphatic carbocycles. The third-order valence-corrected chi connectivity index (χ3v) is 2.32. The smallest absolute Gasteiger partial charge is 0.253 e. The molecule has 0 saturated carbocycles. The van der Waals surface area contributed by atoms with Gasteiger partial charge in [-0.25, -0.2) is 0 Å². The Morgan fingerprint density at radius 3 is 2.88 bits per heavy atom. The monoisotopic (exact) mass is 238 g/mol. The maximum atomic E-state index is 12.0. The lowest BCUT2D eigenvalue weighted by Gasteiger charge is -2.20. The second-order valence-corrected chi connectivity index (χ2v) is 3.92. The summed E-state index contributed by atoms with van der Waals surface area (Å²) >= 11 is 0. The number of hydrogen-bond acceptors (Lipinski definition) is 4. The van der Waals surface area contributed by atoms with Gasteiger partial charge in [-0.1, -0.05) is 6.07 Å². The summed E-state index contributed by atoms with van der Waals surface area (Å²) in [5, 5.41) is 9.53. The number of anilines is 1. The van der Waals surface area contributed by atoms with Gasteiger partial charge in [0.25, 0.3) is 5.91 Å². The number of amides is 1. The van der Waals surface area contributed by atoms with Gasteiger partial charge in [0.1, 0.15) is 0 Å². The lowest BCUT2D eigenvalue weighted by Crippen LogP contribution is -2.36. The maximum absolute atomic E-state index is 12.0. The van der Waals surface area contributed by atoms with E-state index in [1.807, 2.05) is 0 Å². The van der Waals surface area contributed by atoms with Gasteiger partial charge in [0.05, 0.1) is 12.7 Å². The molecule has 1 rings (SSSR count). The molecular formula is C12H18N2O3. The van der Waals surface area contributed by atoms with Crippen molar-refractivity contribution in [2.45, 2.75) is 6.10 Å². The van der Waals surface area contributed by atoms with Crippen molar-refractivity contribution in [1.29, 1.82) is 0 Å². The van der Waals surface area contributed by atoms with Crippen LogP contribution < -0.4 is 5.73 Å². The predicted octanol–water partition coefficient (Wildman–Crippen LogP) is 0.348. The Hall–Kier alpha value is -1.59. The summed E-state index contributed by atoms with van der Waals surface area (Å²) in [7, 11) is 3.13. The molecule has 0 fully saturated rings. The second kappa shape index (κ2) is 6.22. The third kappa shape index (κ3) is 4.05. The zero-order chi connectivity index (χ0) is 12.8. The maximum Gasteiger partial charge on any atom is 0.253 e. The average Bonchev–Trinajstić information content (AvgIpc) is 2.28. The molecule has 0 radical (unpaired) electrons. The quantitative estimate of drug-likeness (QED) is 0.726. The summed E-state index contributed by atoms with van der Waals surface area (Å²) in [6.07, 6.45) is -0.685. The summed E-state index contributed by atoms with van der Waals surface area (Å²) < 4.78 is 4.80. The van der Waals surface area contributed by atoms with E-state index in [9.17, 15) is 9.90 Å². The van der Waals surface area contributed by atoms with E-state index in [2.05, 4.69) is 0 Å². The number of nitrogen functional groups attached to an aromatic ring is 1. The minimum absolute atomic E-state index is 0.174. The van der Waals surface area contributed by atoms with Crippen LogP contribution in [-0.2, 0) is 4.74 Å². The van der Waals surface area contributed by atoms with Crippen molar-refractivity contribution in [3.63, 3.8) is 0 Å². The number of rotatable bonds is 5. The molecule has 17 heavy (non-hydrogen) atoms. The Morgan fingerprint density at radius 2 is 2.29 bits per heavy atom. The average molecular weight is 238 g/mol. The largest absolute Gasteiger partial charge is 0.399 e. The lowest BCUT2D eigenvalue weighted by molar-refractivity contribution is 0.0380. The summed E-state index contributed by atoms with van der Waals surface area (Å²) in [5.41, 5.74) is 6.66. The second-order valence-electron chi connectivity index (χ2n) is 3.92. The highest BCUT2D eigenvalue weighted by Gasteiger charge is 2.15. The van der Waals surface area contributed by atoms with Crippen molar-refractivity contribution in [3.8, 4) is 0 Å². The van der Waals surface area contributed by atoms with Crippen molar-refractivity contribution in [3.05, 3.63) is 29.8 Å². The fraction of sp³-hybridized carbons (Fsp3) is 0.417. The van der Waals surface area contributed by atoms with Crippen LogP contribution in [0.1, 0.15) is 10.4 Å². The van der Waals surface area contributed by atoms with Crippen LogP contribution in [0.5, 0.6) is 0 Å². The SMILES string of the molecule is COCC(O)CN(C)C(=O)c1cccc(N)c1. The fourth-order valence-corrected chi connectivity index (χ4v) is 1.54. The van der Waals surface area contributed by atoms with E-state index in [-0.39, 0.29) is 19.1 Å². The fourth-order valence-electron chi connectivity index (χ4n) is 1.54. The van der Waals surface area contributed by atoms with Crippen molar-refractivity contribution < 1.29 is 14.6 Å². The van der Waals surface area contributed by atoms with Crippen LogP contribution in [0.3, 0.4) is 0 Å². The number of hydrogen-bond donors (Lipinski definition) is 2. The first-order chi connectivity index (χ1) is 8.04. The van der Waals surface area contributed by atoms with Crippen LogP contribution in [0.15, 0.2) is 24.3 Å². The minimum Gasteiger partial charge on any atom is -0.399 e. The summed E-state index contributed by atoms with van der Waals surface area (Å²) in [5.74, 6) is -0.174. The van der Waals surface area contributed by atoms with Crippen LogP contribution >= 0.6 is 0 Å². The Bertz CT molecular complexity index is 382. The Morgan fingerprint density at radius 1 is 1.59 bits per heavy atom. The summed E-state index contributed by atoms with van der Waals surface area (Å²) in [6, 6.07) is 6.75. The van der Waals surface area contributed by atoms with Crippen LogP contribution in [0.4, 0.5) is 5.69 Å². The highest BCUT2D eigenvalue weighted by molar-refractivity contribution is 5.94. The van der Waals surface area contributed by atoms with E-state index < -0.39 is 6.10 Å². The van der Waals surface area contributed by atoms with Gasteiger partial charge in [-0.15, -0.1) is 0 Å². The first kappa shape index (κ1) is 13.5. The van der Waals surface area contributed by atoms with Crippen molar-refractivity contribution in [1.82, 2.24) is 4.90 Å². The molecule has 94 valence electrons. The van der Waals surface area contributed by atoms with Gasteiger partial charge in [0.2, 0.25) is 0 Å². The molecule has 0 bridgehead atoms. The van der Waals surface area contributed by atoms with Crippen LogP contribution in [0, 0.1) is 0 Å². The number of aliphatic hydroxyl groups is 1. The highest BCUT2D eigenvalue weighted by Crippen LogP contribution is 2.09. The molecule has 1 atom stereocenters. The van der Waals surface area contributed by atoms with E-state index >= 15 is 0 Å². The number of ether oxygens (including phenoxy) is 1. The zero-order valence-corrected chi connectivity index (χ0v) is 10.1. The first-order valence-electron chi connectivity index (χ1n) is 5.32. The van der Waals surface area contributed by atoms with Crippen molar-refractivity contribution >= 4 is 11.6 Å². The van der Waals surface area contributed by atoms with Gasteiger partial charge in [-0.3, -0.25) is 4.79 Å². The number of aliphatic hydroxyl groups excluding tert-OH is 1. The Labute approximate surface area is 101 Å². The normalized spacial score (nSPS) is 12.2. The minimum atomic E-state index is -0.685. The van der Waals surface area contributed by atoms with Gasteiger partial charge >= 0.3 is 0 Å². The van der Waals surface area contributed by atoms with Gasteiger partial charge in [-0.05, 0) is 18.2 Å². The number of likely N-dealkylation sites (N-methyl/N-ethyl adjacent to an activating group) is 1. The topological polar surface area (TPSA) is 75.8 Å². The molecule has 1 unspecified atom stereocenters. The molecule has 0 aliphatic rings. The molecule has 0 aliphatic heterocycles. The zero-order valence-electron chi connectivity index (χ0n) is 10.1. The number of nitrogens with two attached hydrogens (primary N) is 1. The van der Waals surface area contributed by atoms with Crippen molar-refractivity contribution in [2.24, 2.45) is 0 Å². The molecule has 5 heteroatoms. The highest BCUT2D eigenvalue weighted by atomic mass is 16.5. The number of carbonyl (C=O) groups excluding carboxylic acids is 1. The number of carbonyl (C=O) groups is 1. The molecule has 0 heterocycles. The molecule has 1 amide bonds. The Kier molecular flexibility index (Phi) is 4.93. The van der Waals surface area contributed by atoms with E-state index in [0.29, 0.717) is 11.3 Å². The first-order valence-corrected chi connectivity index (χ1v) is 5.32.